The molecule has 0 unspecified atom stereocenters. The lowest BCUT2D eigenvalue weighted by Gasteiger charge is -2.04. The Hall–Kier alpha value is -2.33. The van der Waals surface area contributed by atoms with Gasteiger partial charge in [0.05, 0.1) is 10.5 Å². The molecule has 0 radical (unpaired) electrons. The van der Waals surface area contributed by atoms with E-state index in [1.54, 1.807) is 18.2 Å². The van der Waals surface area contributed by atoms with E-state index in [1.165, 1.54) is 0 Å². The second kappa shape index (κ2) is 6.42. The van der Waals surface area contributed by atoms with Gasteiger partial charge in [-0.2, -0.15) is 0 Å². The molecule has 0 fully saturated rings. The largest absolute Gasteiger partial charge is 0.277 e. The Kier molecular flexibility index (Phi) is 4.90. The van der Waals surface area contributed by atoms with Crippen molar-refractivity contribution in [3.05, 3.63) is 55.5 Å². The topological polar surface area (TPSA) is 91.9 Å². The predicted octanol–water partition coefficient (Wildman–Crippen LogP) is 3.93. The van der Waals surface area contributed by atoms with Crippen LogP contribution in [0.25, 0.3) is 16.5 Å². The molecule has 94 valence electrons. The molecule has 0 heterocycles. The maximum atomic E-state index is 11.0. The molecule has 0 saturated carbocycles. The minimum Gasteiger partial charge on any atom is -0.258 e. The van der Waals surface area contributed by atoms with Crippen LogP contribution in [0.2, 0.25) is 0 Å². The van der Waals surface area contributed by atoms with Crippen molar-refractivity contribution in [1.29, 1.82) is 0 Å². The van der Waals surface area contributed by atoms with E-state index in [9.17, 15) is 10.1 Å². The molecule has 0 bridgehead atoms. The number of rotatable bonds is 5. The second-order valence-electron chi connectivity index (χ2n) is 3.92. The molecule has 1 rings (SSSR count). The molecule has 0 aromatic heterocycles. The van der Waals surface area contributed by atoms with Crippen LogP contribution in [0, 0.1) is 24.0 Å². The summed E-state index contributed by atoms with van der Waals surface area (Å²) in [7, 11) is 0. The quantitative estimate of drug-likeness (QED) is 0.196. The first-order chi connectivity index (χ1) is 8.56. The Labute approximate surface area is 105 Å². The van der Waals surface area contributed by atoms with Crippen LogP contribution in [-0.4, -0.2) is 11.5 Å². The molecule has 0 aliphatic heterocycles. The van der Waals surface area contributed by atoms with Gasteiger partial charge in [0.25, 0.3) is 5.69 Å². The molecular weight excluding hydrogens is 232 g/mol. The van der Waals surface area contributed by atoms with Gasteiger partial charge in [-0.15, -0.1) is 0 Å². The Morgan fingerprint density at radius 1 is 1.50 bits per heavy atom. The van der Waals surface area contributed by atoms with Crippen LogP contribution < -0.4 is 0 Å². The zero-order valence-corrected chi connectivity index (χ0v) is 10.3. The first kappa shape index (κ1) is 13.7. The van der Waals surface area contributed by atoms with E-state index in [-0.39, 0.29) is 10.6 Å². The number of benzene rings is 1. The lowest BCUT2D eigenvalue weighted by atomic mass is 10.0. The van der Waals surface area contributed by atoms with E-state index in [0.29, 0.717) is 18.5 Å². The summed E-state index contributed by atoms with van der Waals surface area (Å²) in [6, 6.07) is 3.46. The Morgan fingerprint density at radius 3 is 2.83 bits per heavy atom. The van der Waals surface area contributed by atoms with Gasteiger partial charge < -0.3 is 0 Å². The third kappa shape index (κ3) is 3.61. The minimum atomic E-state index is -0.382. The number of hydrogen-bond acceptors (Lipinski definition) is 3. The lowest BCUT2D eigenvalue weighted by molar-refractivity contribution is -0.385. The van der Waals surface area contributed by atoms with Gasteiger partial charge in [-0.3, -0.25) is 10.1 Å². The van der Waals surface area contributed by atoms with Gasteiger partial charge in [-0.1, -0.05) is 23.3 Å². The fourth-order valence-corrected chi connectivity index (χ4v) is 1.70. The van der Waals surface area contributed by atoms with Crippen LogP contribution in [0.3, 0.4) is 0 Å². The van der Waals surface area contributed by atoms with Crippen LogP contribution in [0.5, 0.6) is 0 Å². The van der Waals surface area contributed by atoms with Crippen molar-refractivity contribution in [1.82, 2.24) is 0 Å². The van der Waals surface area contributed by atoms with E-state index in [4.69, 9.17) is 5.53 Å². The molecule has 6 heteroatoms. The highest BCUT2D eigenvalue weighted by molar-refractivity contribution is 5.65. The van der Waals surface area contributed by atoms with Crippen LogP contribution in [-0.2, 0) is 0 Å². The highest BCUT2D eigenvalue weighted by Crippen LogP contribution is 2.25. The molecule has 6 nitrogen and oxygen atoms in total. The minimum absolute atomic E-state index is 0.104. The van der Waals surface area contributed by atoms with Gasteiger partial charge in [0, 0.05) is 17.5 Å². The van der Waals surface area contributed by atoms with Crippen molar-refractivity contribution in [2.24, 2.45) is 5.11 Å². The second-order valence-corrected chi connectivity index (χ2v) is 3.92. The molecular formula is C12H14N4O2. The standard InChI is InChI=1S/C12H14N4O2/c1-9-7-10(2)11(12(8-9)16(17)18)5-3-4-6-14-15-13/h3,5,7-8H,4,6H2,1-2H3. The third-order valence-corrected chi connectivity index (χ3v) is 2.45. The SMILES string of the molecule is Cc1cc(C)c(C=CCCN=[N+]=[N-])c([N+](=O)[O-])c1. The van der Waals surface area contributed by atoms with Gasteiger partial charge in [0.2, 0.25) is 0 Å². The van der Waals surface area contributed by atoms with Crippen LogP contribution in [0.1, 0.15) is 23.1 Å². The van der Waals surface area contributed by atoms with Crippen molar-refractivity contribution in [3.63, 3.8) is 0 Å². The molecule has 0 amide bonds. The molecule has 0 spiro atoms. The highest BCUT2D eigenvalue weighted by Gasteiger charge is 2.14. The average Bonchev–Trinajstić information content (AvgIpc) is 2.30. The summed E-state index contributed by atoms with van der Waals surface area (Å²) in [6.07, 6.45) is 4.05. The molecule has 1 aromatic rings. The highest BCUT2D eigenvalue weighted by atomic mass is 16.6. The summed E-state index contributed by atoms with van der Waals surface area (Å²) in [6.45, 7) is 4.02. The van der Waals surface area contributed by atoms with Crippen molar-refractivity contribution < 1.29 is 4.92 Å². The molecule has 0 saturated heterocycles. The summed E-state index contributed by atoms with van der Waals surface area (Å²) in [5.74, 6) is 0. The smallest absolute Gasteiger partial charge is 0.258 e. The summed E-state index contributed by atoms with van der Waals surface area (Å²) in [4.78, 5) is 13.2. The van der Waals surface area contributed by atoms with Crippen molar-refractivity contribution in [2.75, 3.05) is 6.54 Å². The fraction of sp³-hybridized carbons (Fsp3) is 0.333. The first-order valence-corrected chi connectivity index (χ1v) is 5.49. The molecule has 0 aliphatic carbocycles. The van der Waals surface area contributed by atoms with Crippen LogP contribution >= 0.6 is 0 Å². The van der Waals surface area contributed by atoms with Gasteiger partial charge in [0.1, 0.15) is 0 Å². The number of hydrogen-bond donors (Lipinski definition) is 0. The maximum Gasteiger partial charge on any atom is 0.277 e. The van der Waals surface area contributed by atoms with E-state index in [1.807, 2.05) is 19.9 Å². The Bertz CT molecular complexity index is 531. The van der Waals surface area contributed by atoms with Crippen molar-refractivity contribution >= 4 is 11.8 Å². The van der Waals surface area contributed by atoms with Crippen LogP contribution in [0.4, 0.5) is 5.69 Å². The number of nitrogens with zero attached hydrogens (tertiary/aromatic N) is 4. The van der Waals surface area contributed by atoms with Crippen molar-refractivity contribution in [2.45, 2.75) is 20.3 Å². The normalized spacial score (nSPS) is 10.3. The first-order valence-electron chi connectivity index (χ1n) is 5.49. The van der Waals surface area contributed by atoms with E-state index >= 15 is 0 Å². The van der Waals surface area contributed by atoms with E-state index in [2.05, 4.69) is 10.0 Å². The zero-order valence-electron chi connectivity index (χ0n) is 10.3. The third-order valence-electron chi connectivity index (χ3n) is 2.45. The predicted molar refractivity (Wildman–Crippen MR) is 70.2 cm³/mol. The summed E-state index contributed by atoms with van der Waals surface area (Å²) < 4.78 is 0. The van der Waals surface area contributed by atoms with Gasteiger partial charge in [-0.05, 0) is 36.9 Å². The molecule has 0 aliphatic rings. The molecule has 0 N–H and O–H groups in total. The molecule has 18 heavy (non-hydrogen) atoms. The Balaban J connectivity index is 3.00. The molecule has 1 aromatic carbocycles. The van der Waals surface area contributed by atoms with Crippen molar-refractivity contribution in [3.8, 4) is 0 Å². The summed E-state index contributed by atoms with van der Waals surface area (Å²) in [5.41, 5.74) is 10.6. The van der Waals surface area contributed by atoms with E-state index < -0.39 is 0 Å². The number of nitro groups is 1. The fourth-order valence-electron chi connectivity index (χ4n) is 1.70. The number of aryl methyl sites for hydroxylation is 2. The van der Waals surface area contributed by atoms with Gasteiger partial charge >= 0.3 is 0 Å². The molecule has 0 atom stereocenters. The average molecular weight is 246 g/mol. The van der Waals surface area contributed by atoms with Gasteiger partial charge in [-0.25, -0.2) is 0 Å². The zero-order chi connectivity index (χ0) is 13.5. The van der Waals surface area contributed by atoms with Gasteiger partial charge in [0.15, 0.2) is 0 Å². The number of nitro benzene ring substituents is 1. The monoisotopic (exact) mass is 246 g/mol. The Morgan fingerprint density at radius 2 is 2.22 bits per heavy atom. The summed E-state index contributed by atoms with van der Waals surface area (Å²) >= 11 is 0. The number of azide groups is 1. The maximum absolute atomic E-state index is 11.0. The van der Waals surface area contributed by atoms with E-state index in [0.717, 1.165) is 11.1 Å². The van der Waals surface area contributed by atoms with Crippen LogP contribution in [0.15, 0.2) is 23.3 Å². The summed E-state index contributed by atoms with van der Waals surface area (Å²) in [5, 5.41) is 14.4. The lowest BCUT2D eigenvalue weighted by Crippen LogP contribution is -1.95.